The van der Waals surface area contributed by atoms with Gasteiger partial charge in [0.1, 0.15) is 0 Å². The number of carbonyl (C=O) groups excluding carboxylic acids is 2. The van der Waals surface area contributed by atoms with Crippen LogP contribution in [0.1, 0.15) is 73.1 Å². The number of carbonyl (C=O) groups is 2. The molecule has 0 saturated heterocycles. The number of hydrogen-bond donors (Lipinski definition) is 1. The molecule has 0 amide bonds. The average molecular weight is 725 g/mol. The molecule has 5 rings (SSSR count). The number of rotatable bonds is 6. The molecule has 1 N–H and O–H groups in total. The quantitative estimate of drug-likeness (QED) is 0.108. The maximum absolute atomic E-state index is 12.9. The zero-order chi connectivity index (χ0) is 29.1. The fourth-order valence-corrected chi connectivity index (χ4v) is 5.30. The minimum atomic E-state index is 0. The van der Waals surface area contributed by atoms with E-state index < -0.39 is 0 Å². The number of aliphatic hydroxyl groups is 1. The van der Waals surface area contributed by atoms with Crippen LogP contribution >= 0.6 is 0 Å². The molecule has 41 heavy (non-hydrogen) atoms. The van der Waals surface area contributed by atoms with Crippen molar-refractivity contribution < 1.29 is 34.8 Å². The standard InChI is InChI=1S/C25H18NO.C11H20O2.Ir/c1-14-4-5-20-22(13-14)23-18-8-9-26-24(17-11-15(2)10-16(3)12-17)19(18)6-7-21(23)25(20)27;1-8(2)5-10(12)7-11(13)6-9(3)4;/h4-11,13H,1-3H3;7-9,12H,5-6H2,1-4H3;/q-1;;/b;10-7-;. The van der Waals surface area contributed by atoms with Gasteiger partial charge in [0, 0.05) is 61.9 Å². The Hall–Kier alpha value is -3.40. The zero-order valence-corrected chi connectivity index (χ0v) is 27.3. The van der Waals surface area contributed by atoms with Gasteiger partial charge in [-0.25, -0.2) is 0 Å². The number of nitrogens with zero attached hydrogens (tertiary/aromatic N) is 1. The minimum absolute atomic E-state index is 0. The van der Waals surface area contributed by atoms with Crippen molar-refractivity contribution in [2.45, 2.75) is 61.3 Å². The van der Waals surface area contributed by atoms with Crippen LogP contribution in [-0.2, 0) is 24.9 Å². The van der Waals surface area contributed by atoms with Crippen LogP contribution in [0.15, 0.2) is 66.6 Å². The molecule has 3 aromatic carbocycles. The Kier molecular flexibility index (Phi) is 10.6. The predicted molar refractivity (Wildman–Crippen MR) is 164 cm³/mol. The summed E-state index contributed by atoms with van der Waals surface area (Å²) in [6.07, 6.45) is 4.30. The van der Waals surface area contributed by atoms with Gasteiger partial charge in [-0.15, -0.1) is 34.9 Å². The monoisotopic (exact) mass is 725 g/mol. The van der Waals surface area contributed by atoms with Crippen LogP contribution in [0.4, 0.5) is 0 Å². The van der Waals surface area contributed by atoms with Crippen molar-refractivity contribution in [3.8, 4) is 22.4 Å². The second kappa shape index (κ2) is 13.5. The number of aliphatic hydroxyl groups excluding tert-OH is 1. The summed E-state index contributed by atoms with van der Waals surface area (Å²) in [7, 11) is 0. The van der Waals surface area contributed by atoms with Gasteiger partial charge in [-0.3, -0.25) is 9.59 Å². The van der Waals surface area contributed by atoms with Crippen molar-refractivity contribution in [2.75, 3.05) is 0 Å². The van der Waals surface area contributed by atoms with E-state index in [-0.39, 0.29) is 37.4 Å². The number of fused-ring (bicyclic) bond motifs is 5. The van der Waals surface area contributed by atoms with Crippen LogP contribution in [0.25, 0.3) is 33.2 Å². The van der Waals surface area contributed by atoms with E-state index in [9.17, 15) is 14.7 Å². The van der Waals surface area contributed by atoms with Crippen LogP contribution in [-0.4, -0.2) is 21.7 Å². The van der Waals surface area contributed by atoms with Crippen molar-refractivity contribution in [1.29, 1.82) is 0 Å². The third-order valence-corrected chi connectivity index (χ3v) is 6.84. The van der Waals surface area contributed by atoms with Crippen LogP contribution < -0.4 is 0 Å². The van der Waals surface area contributed by atoms with E-state index in [4.69, 9.17) is 0 Å². The fourth-order valence-electron chi connectivity index (χ4n) is 5.30. The van der Waals surface area contributed by atoms with Gasteiger partial charge < -0.3 is 10.1 Å². The van der Waals surface area contributed by atoms with Gasteiger partial charge in [-0.1, -0.05) is 77.4 Å². The minimum Gasteiger partial charge on any atom is -0.512 e. The number of hydrogen-bond acceptors (Lipinski definition) is 4. The third-order valence-electron chi connectivity index (χ3n) is 6.84. The number of benzene rings is 3. The van der Waals surface area contributed by atoms with Crippen LogP contribution in [0.5, 0.6) is 0 Å². The molecule has 5 heteroatoms. The molecule has 4 nitrogen and oxygen atoms in total. The molecule has 0 aliphatic heterocycles. The Morgan fingerprint density at radius 3 is 2.20 bits per heavy atom. The Morgan fingerprint density at radius 2 is 1.54 bits per heavy atom. The topological polar surface area (TPSA) is 67.3 Å². The molecule has 0 spiro atoms. The number of allylic oxidation sites excluding steroid dienone is 2. The van der Waals surface area contributed by atoms with E-state index in [0.29, 0.717) is 24.7 Å². The first-order valence-corrected chi connectivity index (χ1v) is 13.9. The summed E-state index contributed by atoms with van der Waals surface area (Å²) >= 11 is 0. The SMILES string of the molecule is CC(C)CC(=O)/C=C(\O)CC(C)C.Cc1[c-]c(-c2nccc3c4c(ccc23)C(=O)c2ccc(C)cc2-4)cc(C)c1.[Ir]. The van der Waals surface area contributed by atoms with Crippen molar-refractivity contribution in [3.05, 3.63) is 100 Å². The molecule has 4 aromatic rings. The first-order chi connectivity index (χ1) is 18.9. The predicted octanol–water partition coefficient (Wildman–Crippen LogP) is 8.93. The Balaban J connectivity index is 0.000000284. The summed E-state index contributed by atoms with van der Waals surface area (Å²) in [5.74, 6) is 1.09. The summed E-state index contributed by atoms with van der Waals surface area (Å²) in [6, 6.07) is 19.7. The molecule has 1 radical (unpaired) electrons. The van der Waals surface area contributed by atoms with E-state index in [0.717, 1.165) is 55.4 Å². The Labute approximate surface area is 257 Å². The van der Waals surface area contributed by atoms with Gasteiger partial charge in [-0.2, -0.15) is 0 Å². The summed E-state index contributed by atoms with van der Waals surface area (Å²) < 4.78 is 0. The molecule has 0 atom stereocenters. The van der Waals surface area contributed by atoms with Gasteiger partial charge in [0.25, 0.3) is 0 Å². The second-order valence-corrected chi connectivity index (χ2v) is 11.7. The Bertz CT molecular complexity index is 1610. The summed E-state index contributed by atoms with van der Waals surface area (Å²) in [5, 5.41) is 11.5. The zero-order valence-electron chi connectivity index (χ0n) is 24.9. The largest absolute Gasteiger partial charge is 0.512 e. The normalized spacial score (nSPS) is 12.1. The van der Waals surface area contributed by atoms with E-state index in [2.05, 4.69) is 50.0 Å². The van der Waals surface area contributed by atoms with Crippen LogP contribution in [0.2, 0.25) is 0 Å². The number of aromatic nitrogens is 1. The van der Waals surface area contributed by atoms with E-state index >= 15 is 0 Å². The average Bonchev–Trinajstić information content (AvgIpc) is 3.13. The maximum Gasteiger partial charge on any atom is 0.194 e. The van der Waals surface area contributed by atoms with E-state index in [1.807, 2.05) is 64.2 Å². The van der Waals surface area contributed by atoms with Crippen LogP contribution in [0, 0.1) is 38.7 Å². The second-order valence-electron chi connectivity index (χ2n) is 11.7. The molecule has 0 fully saturated rings. The number of aryl methyl sites for hydroxylation is 3. The molecule has 1 aromatic heterocycles. The molecule has 1 heterocycles. The fraction of sp³-hybridized carbons (Fsp3) is 0.306. The third kappa shape index (κ3) is 7.47. The van der Waals surface area contributed by atoms with E-state index in [1.165, 1.54) is 11.6 Å². The van der Waals surface area contributed by atoms with Gasteiger partial charge in [-0.05, 0) is 46.9 Å². The molecular formula is C36H38IrNO3-. The molecular weight excluding hydrogens is 687 g/mol. The van der Waals surface area contributed by atoms with Gasteiger partial charge in [0.15, 0.2) is 11.6 Å². The van der Waals surface area contributed by atoms with Crippen molar-refractivity contribution in [3.63, 3.8) is 0 Å². The maximum atomic E-state index is 12.9. The molecule has 215 valence electrons. The molecule has 0 bridgehead atoms. The van der Waals surface area contributed by atoms with Crippen LogP contribution in [0.3, 0.4) is 0 Å². The summed E-state index contributed by atoms with van der Waals surface area (Å²) in [6.45, 7) is 14.2. The van der Waals surface area contributed by atoms with Gasteiger partial charge in [0.05, 0.1) is 5.76 Å². The van der Waals surface area contributed by atoms with Crippen molar-refractivity contribution >= 4 is 22.3 Å². The number of pyridine rings is 1. The molecule has 1 aliphatic rings. The first kappa shape index (κ1) is 32.1. The summed E-state index contributed by atoms with van der Waals surface area (Å²) in [4.78, 5) is 28.7. The van der Waals surface area contributed by atoms with Gasteiger partial charge in [0.2, 0.25) is 0 Å². The first-order valence-electron chi connectivity index (χ1n) is 13.9. The molecule has 0 saturated carbocycles. The van der Waals surface area contributed by atoms with Gasteiger partial charge >= 0.3 is 0 Å². The molecule has 0 unspecified atom stereocenters. The molecule has 1 aliphatic carbocycles. The van der Waals surface area contributed by atoms with Crippen molar-refractivity contribution in [1.82, 2.24) is 4.98 Å². The number of ketones is 2. The van der Waals surface area contributed by atoms with Crippen molar-refractivity contribution in [2.24, 2.45) is 11.8 Å². The smallest absolute Gasteiger partial charge is 0.194 e. The summed E-state index contributed by atoms with van der Waals surface area (Å²) in [5.41, 5.74) is 8.99. The Morgan fingerprint density at radius 1 is 0.854 bits per heavy atom. The van der Waals surface area contributed by atoms with E-state index in [1.54, 1.807) is 0 Å².